The number of hydrogen-bond donors (Lipinski definition) is 0. The molecule has 3 rings (SSSR count). The van der Waals surface area contributed by atoms with Crippen molar-refractivity contribution in [1.82, 2.24) is 0 Å². The molecule has 1 aliphatic heterocycles. The number of benzene rings is 2. The summed E-state index contributed by atoms with van der Waals surface area (Å²) in [5, 5.41) is 1.26. The van der Waals surface area contributed by atoms with E-state index in [0.29, 0.717) is 5.25 Å². The average Bonchev–Trinajstić information content (AvgIpc) is 2.80. The molecule has 0 radical (unpaired) electrons. The number of fused-ring (bicyclic) bond motifs is 1. The predicted molar refractivity (Wildman–Crippen MR) is 81.5 cm³/mol. The van der Waals surface area contributed by atoms with Crippen LogP contribution >= 0.6 is 23.4 Å². The molecule has 2 aromatic carbocycles. The van der Waals surface area contributed by atoms with Crippen molar-refractivity contribution in [2.24, 2.45) is 0 Å². The van der Waals surface area contributed by atoms with Gasteiger partial charge in [-0.2, -0.15) is 0 Å². The van der Waals surface area contributed by atoms with Crippen LogP contribution in [0.15, 0.2) is 47.4 Å². The van der Waals surface area contributed by atoms with Gasteiger partial charge < -0.3 is 4.74 Å². The van der Waals surface area contributed by atoms with Gasteiger partial charge in [0.1, 0.15) is 12.4 Å². The molecule has 0 aliphatic carbocycles. The number of aryl methyl sites for hydroxylation is 1. The van der Waals surface area contributed by atoms with Crippen LogP contribution in [0.1, 0.15) is 11.1 Å². The molecule has 0 saturated heterocycles. The normalized spacial score (nSPS) is 17.3. The van der Waals surface area contributed by atoms with Crippen molar-refractivity contribution < 1.29 is 4.74 Å². The van der Waals surface area contributed by atoms with Crippen LogP contribution in [0.25, 0.3) is 0 Å². The largest absolute Gasteiger partial charge is 0.492 e. The molecule has 1 nitrogen and oxygen atoms in total. The van der Waals surface area contributed by atoms with E-state index in [-0.39, 0.29) is 0 Å². The Bertz CT molecular complexity index is 572. The van der Waals surface area contributed by atoms with E-state index in [1.54, 1.807) is 0 Å². The van der Waals surface area contributed by atoms with E-state index in [1.807, 2.05) is 36.9 Å². The second kappa shape index (κ2) is 5.48. The molecular formula is C16H15ClOS. The summed E-state index contributed by atoms with van der Waals surface area (Å²) in [6.45, 7) is 2.76. The summed E-state index contributed by atoms with van der Waals surface area (Å²) in [5.74, 6) is 0.931. The molecule has 0 amide bonds. The second-order valence-corrected chi connectivity index (χ2v) is 6.55. The monoisotopic (exact) mass is 290 g/mol. The Kier molecular flexibility index (Phi) is 3.72. The van der Waals surface area contributed by atoms with Crippen molar-refractivity contribution >= 4 is 23.4 Å². The van der Waals surface area contributed by atoms with Crippen molar-refractivity contribution in [2.45, 2.75) is 23.5 Å². The fraction of sp³-hybridized carbons (Fsp3) is 0.250. The lowest BCUT2D eigenvalue weighted by molar-refractivity contribution is 0.315. The molecule has 1 aliphatic rings. The smallest absolute Gasteiger partial charge is 0.122 e. The summed E-state index contributed by atoms with van der Waals surface area (Å²) < 4.78 is 5.93. The van der Waals surface area contributed by atoms with Gasteiger partial charge in [0.2, 0.25) is 0 Å². The highest BCUT2D eigenvalue weighted by Crippen LogP contribution is 2.37. The molecule has 1 atom stereocenters. The Morgan fingerprint density at radius 1 is 1.26 bits per heavy atom. The zero-order chi connectivity index (χ0) is 13.2. The minimum absolute atomic E-state index is 0.507. The molecule has 0 N–H and O–H groups in total. The first kappa shape index (κ1) is 12.9. The van der Waals surface area contributed by atoms with Crippen LogP contribution in [0.2, 0.25) is 5.02 Å². The van der Waals surface area contributed by atoms with Crippen molar-refractivity contribution in [2.75, 3.05) is 6.61 Å². The highest BCUT2D eigenvalue weighted by atomic mass is 35.5. The number of ether oxygens (including phenoxy) is 1. The topological polar surface area (TPSA) is 9.23 Å². The lowest BCUT2D eigenvalue weighted by atomic mass is 10.1. The first-order chi connectivity index (χ1) is 9.22. The quantitative estimate of drug-likeness (QED) is 0.807. The zero-order valence-corrected chi connectivity index (χ0v) is 12.3. The summed E-state index contributed by atoms with van der Waals surface area (Å²) >= 11 is 7.86. The van der Waals surface area contributed by atoms with E-state index in [4.69, 9.17) is 16.3 Å². The van der Waals surface area contributed by atoms with Crippen LogP contribution in [0, 0.1) is 6.92 Å². The first-order valence-electron chi connectivity index (χ1n) is 6.36. The highest BCUT2D eigenvalue weighted by molar-refractivity contribution is 8.00. The molecule has 0 saturated carbocycles. The molecule has 0 aromatic heterocycles. The van der Waals surface area contributed by atoms with Crippen LogP contribution in [0.3, 0.4) is 0 Å². The molecule has 3 heteroatoms. The molecule has 2 aromatic rings. The fourth-order valence-electron chi connectivity index (χ4n) is 2.30. The lowest BCUT2D eigenvalue weighted by Gasteiger charge is -2.13. The maximum atomic E-state index is 5.95. The maximum absolute atomic E-state index is 5.95. The van der Waals surface area contributed by atoms with Gasteiger partial charge in [-0.25, -0.2) is 0 Å². The molecule has 19 heavy (non-hydrogen) atoms. The molecule has 1 unspecified atom stereocenters. The Morgan fingerprint density at radius 2 is 2.11 bits per heavy atom. The number of hydrogen-bond acceptors (Lipinski definition) is 2. The number of halogens is 1. The zero-order valence-electron chi connectivity index (χ0n) is 10.7. The SMILES string of the molecule is Cc1cc(Cl)ccc1OCC1Cc2ccccc2S1. The molecule has 0 fully saturated rings. The van der Waals surface area contributed by atoms with E-state index >= 15 is 0 Å². The minimum atomic E-state index is 0.507. The third kappa shape index (κ3) is 2.90. The second-order valence-electron chi connectivity index (χ2n) is 4.77. The standard InChI is InChI=1S/C16H15ClOS/c1-11-8-13(17)6-7-15(11)18-10-14-9-12-4-2-3-5-16(12)19-14/h2-8,14H,9-10H2,1H3. The molecule has 0 spiro atoms. The summed E-state index contributed by atoms with van der Waals surface area (Å²) in [5.41, 5.74) is 2.53. The minimum Gasteiger partial charge on any atom is -0.492 e. The summed E-state index contributed by atoms with van der Waals surface area (Å²) in [6, 6.07) is 14.4. The van der Waals surface area contributed by atoms with Gasteiger partial charge in [-0.3, -0.25) is 0 Å². The lowest BCUT2D eigenvalue weighted by Crippen LogP contribution is -2.13. The van der Waals surface area contributed by atoms with Crippen LogP contribution in [0.5, 0.6) is 5.75 Å². The summed E-state index contributed by atoms with van der Waals surface area (Å²) in [7, 11) is 0. The van der Waals surface area contributed by atoms with Gasteiger partial charge in [-0.05, 0) is 48.7 Å². The van der Waals surface area contributed by atoms with Crippen LogP contribution in [-0.2, 0) is 6.42 Å². The van der Waals surface area contributed by atoms with Crippen molar-refractivity contribution in [3.63, 3.8) is 0 Å². The van der Waals surface area contributed by atoms with Gasteiger partial charge >= 0.3 is 0 Å². The Labute approximate surface area is 122 Å². The highest BCUT2D eigenvalue weighted by Gasteiger charge is 2.22. The van der Waals surface area contributed by atoms with Crippen molar-refractivity contribution in [3.05, 3.63) is 58.6 Å². The molecule has 98 valence electrons. The fourth-order valence-corrected chi connectivity index (χ4v) is 3.75. The van der Waals surface area contributed by atoms with Crippen LogP contribution in [-0.4, -0.2) is 11.9 Å². The molecule has 0 bridgehead atoms. The first-order valence-corrected chi connectivity index (χ1v) is 7.61. The van der Waals surface area contributed by atoms with Crippen LogP contribution < -0.4 is 4.74 Å². The van der Waals surface area contributed by atoms with Crippen LogP contribution in [0.4, 0.5) is 0 Å². The van der Waals surface area contributed by atoms with Gasteiger partial charge in [-0.15, -0.1) is 11.8 Å². The van der Waals surface area contributed by atoms with Gasteiger partial charge in [-0.1, -0.05) is 29.8 Å². The third-order valence-electron chi connectivity index (χ3n) is 3.28. The van der Waals surface area contributed by atoms with Gasteiger partial charge in [0, 0.05) is 15.2 Å². The molecule has 1 heterocycles. The van der Waals surface area contributed by atoms with E-state index in [1.165, 1.54) is 10.5 Å². The Morgan fingerprint density at radius 3 is 2.89 bits per heavy atom. The van der Waals surface area contributed by atoms with Crippen molar-refractivity contribution in [3.8, 4) is 5.75 Å². The predicted octanol–water partition coefficient (Wildman–Crippen LogP) is 4.74. The third-order valence-corrected chi connectivity index (χ3v) is 4.80. The number of thioether (sulfide) groups is 1. The van der Waals surface area contributed by atoms with Gasteiger partial charge in [0.15, 0.2) is 0 Å². The Balaban J connectivity index is 1.63. The maximum Gasteiger partial charge on any atom is 0.122 e. The van der Waals surface area contributed by atoms with E-state index in [2.05, 4.69) is 24.3 Å². The van der Waals surface area contributed by atoms with Gasteiger partial charge in [0.25, 0.3) is 0 Å². The Hall–Kier alpha value is -1.12. The van der Waals surface area contributed by atoms with E-state index < -0.39 is 0 Å². The van der Waals surface area contributed by atoms with E-state index in [0.717, 1.165) is 29.4 Å². The molecular weight excluding hydrogens is 276 g/mol. The van der Waals surface area contributed by atoms with E-state index in [9.17, 15) is 0 Å². The van der Waals surface area contributed by atoms with Crippen molar-refractivity contribution in [1.29, 1.82) is 0 Å². The summed E-state index contributed by atoms with van der Waals surface area (Å²) in [6.07, 6.45) is 1.09. The summed E-state index contributed by atoms with van der Waals surface area (Å²) in [4.78, 5) is 1.39. The van der Waals surface area contributed by atoms with Gasteiger partial charge in [0.05, 0.1) is 0 Å². The number of rotatable bonds is 3. The average molecular weight is 291 g/mol.